The van der Waals surface area contributed by atoms with Gasteiger partial charge in [-0.05, 0) is 25.0 Å². The zero-order valence-electron chi connectivity index (χ0n) is 14.9. The Labute approximate surface area is 152 Å². The number of hydrogen-bond acceptors (Lipinski definition) is 3. The maximum Gasteiger partial charge on any atom is 0.322 e. The standard InChI is InChI=1S/C19H23N5O2/c1-22-16-9-12-24(19(26)20-14-7-3-2-4-8-14)13-15(16)17(21-22)18(25)23-10-5-6-11-23/h2-4,7-8H,5-6,9-13H2,1H3,(H,20,26). The summed E-state index contributed by atoms with van der Waals surface area (Å²) in [5.41, 5.74) is 3.21. The lowest BCUT2D eigenvalue weighted by molar-refractivity contribution is 0.0784. The Morgan fingerprint density at radius 3 is 2.50 bits per heavy atom. The van der Waals surface area contributed by atoms with Gasteiger partial charge in [-0.3, -0.25) is 9.48 Å². The van der Waals surface area contributed by atoms with Gasteiger partial charge in [0.15, 0.2) is 5.69 Å². The van der Waals surface area contributed by atoms with E-state index in [1.54, 1.807) is 9.58 Å². The van der Waals surface area contributed by atoms with Gasteiger partial charge in [0.05, 0.1) is 6.54 Å². The van der Waals surface area contributed by atoms with Gasteiger partial charge >= 0.3 is 6.03 Å². The molecule has 4 rings (SSSR count). The molecule has 0 atom stereocenters. The first-order valence-electron chi connectivity index (χ1n) is 9.08. The minimum absolute atomic E-state index is 0.00957. The number of aromatic nitrogens is 2. The molecule has 2 aliphatic rings. The summed E-state index contributed by atoms with van der Waals surface area (Å²) in [5, 5.41) is 7.40. The first-order chi connectivity index (χ1) is 12.6. The maximum atomic E-state index is 12.8. The first kappa shape index (κ1) is 16.6. The molecule has 1 aromatic carbocycles. The summed E-state index contributed by atoms with van der Waals surface area (Å²) in [7, 11) is 1.87. The Hall–Kier alpha value is -2.83. The molecule has 0 saturated carbocycles. The fourth-order valence-electron chi connectivity index (χ4n) is 3.73. The van der Waals surface area contributed by atoms with Crippen LogP contribution >= 0.6 is 0 Å². The van der Waals surface area contributed by atoms with Crippen molar-refractivity contribution in [2.45, 2.75) is 25.8 Å². The number of anilines is 1. The van der Waals surface area contributed by atoms with Crippen LogP contribution in [0.1, 0.15) is 34.6 Å². The summed E-state index contributed by atoms with van der Waals surface area (Å²) in [6, 6.07) is 9.26. The molecule has 2 aromatic rings. The number of hydrogen-bond donors (Lipinski definition) is 1. The van der Waals surface area contributed by atoms with Crippen LogP contribution in [0.25, 0.3) is 0 Å². The van der Waals surface area contributed by atoms with Crippen LogP contribution in [-0.4, -0.2) is 51.2 Å². The van der Waals surface area contributed by atoms with E-state index in [-0.39, 0.29) is 11.9 Å². The molecule has 7 heteroatoms. The molecule has 0 radical (unpaired) electrons. The van der Waals surface area contributed by atoms with Crippen LogP contribution in [0.2, 0.25) is 0 Å². The van der Waals surface area contributed by atoms with Gasteiger partial charge in [-0.15, -0.1) is 0 Å². The second-order valence-electron chi connectivity index (χ2n) is 6.86. The number of aryl methyl sites for hydroxylation is 1. The number of amides is 3. The average molecular weight is 353 g/mol. The summed E-state index contributed by atoms with van der Waals surface area (Å²) in [6.07, 6.45) is 2.80. The van der Waals surface area contributed by atoms with E-state index in [0.29, 0.717) is 25.2 Å². The molecule has 3 amide bonds. The van der Waals surface area contributed by atoms with Crippen LogP contribution in [0.5, 0.6) is 0 Å². The number of nitrogens with zero attached hydrogens (tertiary/aromatic N) is 4. The second-order valence-corrected chi connectivity index (χ2v) is 6.86. The van der Waals surface area contributed by atoms with Crippen molar-refractivity contribution in [3.8, 4) is 0 Å². The summed E-state index contributed by atoms with van der Waals surface area (Å²) >= 11 is 0. The molecule has 0 spiro atoms. The largest absolute Gasteiger partial charge is 0.337 e. The number of fused-ring (bicyclic) bond motifs is 1. The number of carbonyl (C=O) groups excluding carboxylic acids is 2. The number of nitrogens with one attached hydrogen (secondary N) is 1. The number of benzene rings is 1. The number of likely N-dealkylation sites (tertiary alicyclic amines) is 1. The molecule has 1 N–H and O–H groups in total. The Bertz CT molecular complexity index is 824. The molecule has 7 nitrogen and oxygen atoms in total. The second kappa shape index (κ2) is 6.82. The zero-order valence-corrected chi connectivity index (χ0v) is 14.9. The molecule has 0 bridgehead atoms. The van der Waals surface area contributed by atoms with Crippen LogP contribution in [0.3, 0.4) is 0 Å². The Kier molecular flexibility index (Phi) is 4.36. The Balaban J connectivity index is 1.54. The molecule has 1 saturated heterocycles. The van der Waals surface area contributed by atoms with E-state index in [2.05, 4.69) is 10.4 Å². The highest BCUT2D eigenvalue weighted by molar-refractivity contribution is 5.95. The molecule has 1 fully saturated rings. The summed E-state index contributed by atoms with van der Waals surface area (Å²) in [4.78, 5) is 29.1. The molecule has 0 aliphatic carbocycles. The third-order valence-electron chi connectivity index (χ3n) is 5.15. The van der Waals surface area contributed by atoms with Gasteiger partial charge < -0.3 is 15.1 Å². The van der Waals surface area contributed by atoms with E-state index in [9.17, 15) is 9.59 Å². The third kappa shape index (κ3) is 3.05. The topological polar surface area (TPSA) is 70.5 Å². The molecule has 2 aliphatic heterocycles. The van der Waals surface area contributed by atoms with Crippen LogP contribution in [0, 0.1) is 0 Å². The summed E-state index contributed by atoms with van der Waals surface area (Å²) in [5.74, 6) is -0.00957. The minimum atomic E-state index is -0.148. The normalized spacial score (nSPS) is 16.5. The number of rotatable bonds is 2. The molecular weight excluding hydrogens is 330 g/mol. The lowest BCUT2D eigenvalue weighted by Gasteiger charge is -2.28. The van der Waals surface area contributed by atoms with E-state index in [0.717, 1.165) is 42.9 Å². The average Bonchev–Trinajstić information content (AvgIpc) is 3.30. The molecule has 26 heavy (non-hydrogen) atoms. The minimum Gasteiger partial charge on any atom is -0.337 e. The van der Waals surface area contributed by atoms with Crippen molar-refractivity contribution in [1.29, 1.82) is 0 Å². The third-order valence-corrected chi connectivity index (χ3v) is 5.15. The van der Waals surface area contributed by atoms with Crippen LogP contribution < -0.4 is 5.32 Å². The number of para-hydroxylation sites is 1. The Morgan fingerprint density at radius 1 is 1.04 bits per heavy atom. The van der Waals surface area contributed by atoms with Gasteiger partial charge in [0, 0.05) is 50.0 Å². The highest BCUT2D eigenvalue weighted by Gasteiger charge is 2.31. The van der Waals surface area contributed by atoms with Gasteiger partial charge in [-0.1, -0.05) is 18.2 Å². The van der Waals surface area contributed by atoms with E-state index < -0.39 is 0 Å². The lowest BCUT2D eigenvalue weighted by atomic mass is 10.0. The van der Waals surface area contributed by atoms with Gasteiger partial charge in [-0.25, -0.2) is 4.79 Å². The summed E-state index contributed by atoms with van der Waals surface area (Å²) < 4.78 is 1.80. The first-order valence-corrected chi connectivity index (χ1v) is 9.08. The van der Waals surface area contributed by atoms with Gasteiger partial charge in [-0.2, -0.15) is 5.10 Å². The highest BCUT2D eigenvalue weighted by atomic mass is 16.2. The maximum absolute atomic E-state index is 12.8. The van der Waals surface area contributed by atoms with Crippen LogP contribution in [0.4, 0.5) is 10.5 Å². The predicted octanol–water partition coefficient (Wildman–Crippen LogP) is 2.25. The molecule has 3 heterocycles. The fourth-order valence-corrected chi connectivity index (χ4v) is 3.73. The molecule has 136 valence electrons. The van der Waals surface area contributed by atoms with E-state index in [1.165, 1.54) is 0 Å². The van der Waals surface area contributed by atoms with Gasteiger partial charge in [0.25, 0.3) is 5.91 Å². The van der Waals surface area contributed by atoms with Crippen molar-refractivity contribution in [1.82, 2.24) is 19.6 Å². The van der Waals surface area contributed by atoms with Crippen molar-refractivity contribution in [3.63, 3.8) is 0 Å². The van der Waals surface area contributed by atoms with Crippen LogP contribution in [-0.2, 0) is 20.0 Å². The smallest absolute Gasteiger partial charge is 0.322 e. The van der Waals surface area contributed by atoms with Gasteiger partial charge in [0.1, 0.15) is 0 Å². The number of carbonyl (C=O) groups is 2. The quantitative estimate of drug-likeness (QED) is 0.900. The predicted molar refractivity (Wildman–Crippen MR) is 97.9 cm³/mol. The van der Waals surface area contributed by atoms with Gasteiger partial charge in [0.2, 0.25) is 0 Å². The van der Waals surface area contributed by atoms with Crippen molar-refractivity contribution >= 4 is 17.6 Å². The highest BCUT2D eigenvalue weighted by Crippen LogP contribution is 2.25. The van der Waals surface area contributed by atoms with Crippen molar-refractivity contribution < 1.29 is 9.59 Å². The number of urea groups is 1. The zero-order chi connectivity index (χ0) is 18.1. The van der Waals surface area contributed by atoms with E-state index >= 15 is 0 Å². The Morgan fingerprint density at radius 2 is 1.77 bits per heavy atom. The van der Waals surface area contributed by atoms with Crippen molar-refractivity contribution in [3.05, 3.63) is 47.3 Å². The SMILES string of the molecule is Cn1nc(C(=O)N2CCCC2)c2c1CCN(C(=O)Nc1ccccc1)C2. The monoisotopic (exact) mass is 353 g/mol. The molecular formula is C19H23N5O2. The fraction of sp³-hybridized carbons (Fsp3) is 0.421. The van der Waals surface area contributed by atoms with E-state index in [1.807, 2.05) is 42.3 Å². The molecule has 0 unspecified atom stereocenters. The lowest BCUT2D eigenvalue weighted by Crippen LogP contribution is -2.40. The van der Waals surface area contributed by atoms with Crippen LogP contribution in [0.15, 0.2) is 30.3 Å². The summed E-state index contributed by atoms with van der Waals surface area (Å²) in [6.45, 7) is 2.62. The van der Waals surface area contributed by atoms with E-state index in [4.69, 9.17) is 0 Å². The van der Waals surface area contributed by atoms with Crippen molar-refractivity contribution in [2.75, 3.05) is 25.0 Å². The molecule has 1 aromatic heterocycles. The van der Waals surface area contributed by atoms with Crippen molar-refractivity contribution in [2.24, 2.45) is 7.05 Å².